The molecule has 0 saturated carbocycles. The van der Waals surface area contributed by atoms with E-state index >= 15 is 0 Å². The summed E-state index contributed by atoms with van der Waals surface area (Å²) in [5.74, 6) is 1.50. The third-order valence-electron chi connectivity index (χ3n) is 4.60. The summed E-state index contributed by atoms with van der Waals surface area (Å²) >= 11 is 0. The molecule has 0 N–H and O–H groups in total. The maximum atomic E-state index is 9.53. The van der Waals surface area contributed by atoms with Crippen molar-refractivity contribution in [1.29, 1.82) is 10.5 Å². The molecule has 0 aromatic heterocycles. The molecule has 0 bridgehead atoms. The van der Waals surface area contributed by atoms with Gasteiger partial charge in [0.2, 0.25) is 0 Å². The molecule has 0 amide bonds. The zero-order chi connectivity index (χ0) is 21.3. The molecule has 0 radical (unpaired) electrons. The predicted octanol–water partition coefficient (Wildman–Crippen LogP) is 5.83. The minimum Gasteiger partial charge on any atom is -0.497 e. The van der Waals surface area contributed by atoms with Gasteiger partial charge in [-0.15, -0.1) is 0 Å². The number of hydrogen-bond acceptors (Lipinski definition) is 4. The second-order valence-corrected chi connectivity index (χ2v) is 6.46. The second kappa shape index (κ2) is 9.78. The first-order valence-corrected chi connectivity index (χ1v) is 9.29. The number of nitriles is 2. The zero-order valence-electron chi connectivity index (χ0n) is 16.8. The Kier molecular flexibility index (Phi) is 6.66. The van der Waals surface area contributed by atoms with Crippen LogP contribution in [0.15, 0.2) is 72.8 Å². The molecule has 0 fully saturated rings. The summed E-state index contributed by atoms with van der Waals surface area (Å²) in [6.45, 7) is 0. The number of hydrogen-bond donors (Lipinski definition) is 0. The first-order valence-electron chi connectivity index (χ1n) is 9.29. The van der Waals surface area contributed by atoms with Gasteiger partial charge in [-0.1, -0.05) is 24.3 Å². The van der Waals surface area contributed by atoms with Gasteiger partial charge in [0, 0.05) is 0 Å². The van der Waals surface area contributed by atoms with Crippen LogP contribution >= 0.6 is 0 Å². The van der Waals surface area contributed by atoms with Crippen LogP contribution in [0.2, 0.25) is 0 Å². The molecule has 4 heteroatoms. The van der Waals surface area contributed by atoms with Gasteiger partial charge in [-0.2, -0.15) is 10.5 Å². The molecule has 30 heavy (non-hydrogen) atoms. The molecule has 0 saturated heterocycles. The van der Waals surface area contributed by atoms with E-state index in [0.717, 1.165) is 33.8 Å². The lowest BCUT2D eigenvalue weighted by molar-refractivity contribution is 0.414. The van der Waals surface area contributed by atoms with Crippen molar-refractivity contribution in [1.82, 2.24) is 0 Å². The Bertz CT molecular complexity index is 1050. The first kappa shape index (κ1) is 20.5. The summed E-state index contributed by atoms with van der Waals surface area (Å²) in [6, 6.07) is 27.0. The van der Waals surface area contributed by atoms with E-state index in [4.69, 9.17) is 9.47 Å². The van der Waals surface area contributed by atoms with Crippen molar-refractivity contribution in [3.63, 3.8) is 0 Å². The number of benzene rings is 3. The van der Waals surface area contributed by atoms with Crippen molar-refractivity contribution in [2.45, 2.75) is 0 Å². The molecule has 0 atom stereocenters. The van der Waals surface area contributed by atoms with Crippen molar-refractivity contribution in [3.8, 4) is 23.6 Å². The Morgan fingerprint density at radius 3 is 1.20 bits per heavy atom. The molecule has 0 spiro atoms. The van der Waals surface area contributed by atoms with Crippen LogP contribution in [0, 0.1) is 22.7 Å². The van der Waals surface area contributed by atoms with Gasteiger partial charge >= 0.3 is 0 Å². The van der Waals surface area contributed by atoms with Gasteiger partial charge in [-0.25, -0.2) is 0 Å². The SMILES string of the molecule is COc1ccc(/C(C#N)=C/c2ccc(/C=C(\C#N)c3ccc(OC)cc3)cc2)cc1. The highest BCUT2D eigenvalue weighted by atomic mass is 16.5. The largest absolute Gasteiger partial charge is 0.497 e. The number of nitrogens with zero attached hydrogens (tertiary/aromatic N) is 2. The molecule has 0 aliphatic rings. The van der Waals surface area contributed by atoms with Crippen molar-refractivity contribution >= 4 is 23.3 Å². The monoisotopic (exact) mass is 392 g/mol. The van der Waals surface area contributed by atoms with Crippen molar-refractivity contribution in [2.75, 3.05) is 14.2 Å². The van der Waals surface area contributed by atoms with Crippen molar-refractivity contribution in [2.24, 2.45) is 0 Å². The molecule has 0 unspecified atom stereocenters. The van der Waals surface area contributed by atoms with Crippen LogP contribution in [0.4, 0.5) is 0 Å². The smallest absolute Gasteiger partial charge is 0.118 e. The molecular weight excluding hydrogens is 372 g/mol. The topological polar surface area (TPSA) is 66.0 Å². The third kappa shape index (κ3) is 4.95. The van der Waals surface area contributed by atoms with Crippen LogP contribution in [0.1, 0.15) is 22.3 Å². The molecule has 4 nitrogen and oxygen atoms in total. The lowest BCUT2D eigenvalue weighted by atomic mass is 10.0. The van der Waals surface area contributed by atoms with Crippen LogP contribution < -0.4 is 9.47 Å². The van der Waals surface area contributed by atoms with Crippen LogP contribution in [-0.4, -0.2) is 14.2 Å². The van der Waals surface area contributed by atoms with E-state index in [1.807, 2.05) is 84.9 Å². The fourth-order valence-corrected chi connectivity index (χ4v) is 2.92. The minimum absolute atomic E-state index is 0.567. The third-order valence-corrected chi connectivity index (χ3v) is 4.60. The highest BCUT2D eigenvalue weighted by Gasteiger charge is 2.04. The van der Waals surface area contributed by atoms with E-state index in [9.17, 15) is 10.5 Å². The normalized spacial score (nSPS) is 11.3. The summed E-state index contributed by atoms with van der Waals surface area (Å²) in [7, 11) is 3.22. The average Bonchev–Trinajstić information content (AvgIpc) is 2.82. The Morgan fingerprint density at radius 1 is 0.600 bits per heavy atom. The summed E-state index contributed by atoms with van der Waals surface area (Å²) in [5.41, 5.74) is 4.60. The van der Waals surface area contributed by atoms with Crippen LogP contribution in [0.25, 0.3) is 23.3 Å². The van der Waals surface area contributed by atoms with E-state index in [0.29, 0.717) is 11.1 Å². The number of allylic oxidation sites excluding steroid dienone is 2. The lowest BCUT2D eigenvalue weighted by Crippen LogP contribution is -1.86. The molecular formula is C26H20N2O2. The fourth-order valence-electron chi connectivity index (χ4n) is 2.92. The zero-order valence-corrected chi connectivity index (χ0v) is 16.8. The van der Waals surface area contributed by atoms with E-state index in [-0.39, 0.29) is 0 Å². The van der Waals surface area contributed by atoms with E-state index in [1.54, 1.807) is 14.2 Å². The molecule has 146 valence electrons. The Labute approximate surface area is 176 Å². The van der Waals surface area contributed by atoms with Gasteiger partial charge in [-0.3, -0.25) is 0 Å². The molecule has 3 aromatic carbocycles. The van der Waals surface area contributed by atoms with E-state index < -0.39 is 0 Å². The van der Waals surface area contributed by atoms with Gasteiger partial charge in [0.25, 0.3) is 0 Å². The number of ether oxygens (including phenoxy) is 2. The second-order valence-electron chi connectivity index (χ2n) is 6.46. The Morgan fingerprint density at radius 2 is 0.933 bits per heavy atom. The van der Waals surface area contributed by atoms with Crippen molar-refractivity contribution < 1.29 is 9.47 Å². The first-order chi connectivity index (χ1) is 14.7. The molecule has 0 aliphatic heterocycles. The lowest BCUT2D eigenvalue weighted by Gasteiger charge is -2.04. The average molecular weight is 392 g/mol. The van der Waals surface area contributed by atoms with Gasteiger partial charge in [0.1, 0.15) is 11.5 Å². The highest BCUT2D eigenvalue weighted by molar-refractivity contribution is 5.91. The van der Waals surface area contributed by atoms with E-state index in [2.05, 4.69) is 12.1 Å². The van der Waals surface area contributed by atoms with Gasteiger partial charge < -0.3 is 9.47 Å². The number of methoxy groups -OCH3 is 2. The molecule has 3 aromatic rings. The summed E-state index contributed by atoms with van der Waals surface area (Å²) in [6.07, 6.45) is 3.67. The molecule has 0 heterocycles. The maximum Gasteiger partial charge on any atom is 0.118 e. The van der Waals surface area contributed by atoms with Gasteiger partial charge in [-0.05, 0) is 82.9 Å². The Hall–Kier alpha value is -4.28. The maximum absolute atomic E-state index is 9.53. The van der Waals surface area contributed by atoms with Crippen LogP contribution in [0.5, 0.6) is 11.5 Å². The van der Waals surface area contributed by atoms with Crippen LogP contribution in [0.3, 0.4) is 0 Å². The van der Waals surface area contributed by atoms with Crippen molar-refractivity contribution in [3.05, 3.63) is 95.1 Å². The van der Waals surface area contributed by atoms with Gasteiger partial charge in [0.15, 0.2) is 0 Å². The predicted molar refractivity (Wildman–Crippen MR) is 119 cm³/mol. The Balaban J connectivity index is 1.83. The summed E-state index contributed by atoms with van der Waals surface area (Å²) in [4.78, 5) is 0. The van der Waals surface area contributed by atoms with Gasteiger partial charge in [0.05, 0.1) is 37.5 Å². The summed E-state index contributed by atoms with van der Waals surface area (Å²) in [5, 5.41) is 19.1. The molecule has 3 rings (SSSR count). The highest BCUT2D eigenvalue weighted by Crippen LogP contribution is 2.23. The number of rotatable bonds is 6. The standard InChI is InChI=1S/C26H20N2O2/c1-29-25-11-7-21(8-12-25)23(17-27)15-19-3-5-20(6-4-19)16-24(18-28)22-9-13-26(30-2)14-10-22/h3-16H,1-2H3/b23-15+,24-16+. The minimum atomic E-state index is 0.567. The quantitative estimate of drug-likeness (QED) is 0.391. The van der Waals surface area contributed by atoms with Crippen LogP contribution in [-0.2, 0) is 0 Å². The van der Waals surface area contributed by atoms with E-state index in [1.165, 1.54) is 0 Å². The fraction of sp³-hybridized carbons (Fsp3) is 0.0769. The molecule has 0 aliphatic carbocycles. The summed E-state index contributed by atoms with van der Waals surface area (Å²) < 4.78 is 10.3.